The highest BCUT2D eigenvalue weighted by molar-refractivity contribution is 6.34. The standard InChI is InChI=1S/C19H17ClF4N6O/c1-9-13(21)8-25-18(26-9)30-14-6-7-29(10(2)16(14)27-28-30)17(31)11-4-3-5-12(15(11)20)19(22,23)24/h3-5,8,10,27-28H,6-7H2,1-2H3. The number of hydrogen-bond donors (Lipinski definition) is 2. The lowest BCUT2D eigenvalue weighted by atomic mass is 10.0. The number of nitrogens with zero attached hydrogens (tertiary/aromatic N) is 4. The molecule has 2 aliphatic rings. The number of hydrogen-bond acceptors (Lipinski definition) is 6. The van der Waals surface area contributed by atoms with Gasteiger partial charge in [0.25, 0.3) is 5.91 Å². The van der Waals surface area contributed by atoms with E-state index in [0.29, 0.717) is 12.1 Å². The van der Waals surface area contributed by atoms with Crippen molar-refractivity contribution in [3.63, 3.8) is 0 Å². The summed E-state index contributed by atoms with van der Waals surface area (Å²) in [5, 5.41) is 0.929. The third kappa shape index (κ3) is 3.68. The second-order valence-electron chi connectivity index (χ2n) is 7.13. The highest BCUT2D eigenvalue weighted by Gasteiger charge is 2.39. The van der Waals surface area contributed by atoms with Crippen molar-refractivity contribution in [1.29, 1.82) is 0 Å². The van der Waals surface area contributed by atoms with Crippen LogP contribution in [0.25, 0.3) is 0 Å². The van der Waals surface area contributed by atoms with Crippen molar-refractivity contribution in [3.8, 4) is 0 Å². The molecule has 0 fully saturated rings. The number of aromatic nitrogens is 2. The number of rotatable bonds is 2. The minimum Gasteiger partial charge on any atom is -0.330 e. The molecule has 0 saturated carbocycles. The molecule has 1 aromatic carbocycles. The van der Waals surface area contributed by atoms with Crippen LogP contribution < -0.4 is 16.0 Å². The summed E-state index contributed by atoms with van der Waals surface area (Å²) in [6.45, 7) is 3.48. The van der Waals surface area contributed by atoms with Crippen molar-refractivity contribution < 1.29 is 22.4 Å². The largest absolute Gasteiger partial charge is 0.417 e. The Morgan fingerprint density at radius 3 is 2.74 bits per heavy atom. The summed E-state index contributed by atoms with van der Waals surface area (Å²) in [4.78, 5) is 22.6. The highest BCUT2D eigenvalue weighted by Crippen LogP contribution is 2.37. The van der Waals surface area contributed by atoms with Crippen LogP contribution in [0.15, 0.2) is 35.8 Å². The Bertz CT molecular complexity index is 1090. The van der Waals surface area contributed by atoms with Crippen molar-refractivity contribution in [2.24, 2.45) is 0 Å². The summed E-state index contributed by atoms with van der Waals surface area (Å²) in [6.07, 6.45) is -3.24. The van der Waals surface area contributed by atoms with Crippen molar-refractivity contribution >= 4 is 23.5 Å². The van der Waals surface area contributed by atoms with E-state index in [9.17, 15) is 22.4 Å². The molecule has 2 aromatic rings. The van der Waals surface area contributed by atoms with Gasteiger partial charge in [-0.05, 0) is 26.0 Å². The fraction of sp³-hybridized carbons (Fsp3) is 0.316. The zero-order valence-corrected chi connectivity index (χ0v) is 17.1. The normalized spacial score (nSPS) is 18.9. The molecule has 3 heterocycles. The van der Waals surface area contributed by atoms with E-state index in [1.165, 1.54) is 17.9 Å². The second-order valence-corrected chi connectivity index (χ2v) is 7.50. The first-order chi connectivity index (χ1) is 14.6. The van der Waals surface area contributed by atoms with Crippen LogP contribution in [-0.2, 0) is 6.18 Å². The first-order valence-corrected chi connectivity index (χ1v) is 9.68. The molecule has 0 spiro atoms. The third-order valence-corrected chi connectivity index (χ3v) is 5.67. The molecule has 7 nitrogen and oxygen atoms in total. The summed E-state index contributed by atoms with van der Waals surface area (Å²) in [7, 11) is 0. The van der Waals surface area contributed by atoms with E-state index in [1.54, 1.807) is 11.9 Å². The molecule has 31 heavy (non-hydrogen) atoms. The minimum atomic E-state index is -4.67. The van der Waals surface area contributed by atoms with Crippen LogP contribution in [0.4, 0.5) is 23.5 Å². The van der Waals surface area contributed by atoms with E-state index >= 15 is 0 Å². The summed E-state index contributed by atoms with van der Waals surface area (Å²) in [5.74, 6) is -0.912. The third-order valence-electron chi connectivity index (χ3n) is 5.26. The maximum absolute atomic E-state index is 13.5. The Morgan fingerprint density at radius 2 is 2.06 bits per heavy atom. The van der Waals surface area contributed by atoms with Crippen molar-refractivity contribution in [3.05, 3.63) is 63.5 Å². The van der Waals surface area contributed by atoms with Gasteiger partial charge in [-0.15, -0.1) is 5.53 Å². The van der Waals surface area contributed by atoms with Gasteiger partial charge >= 0.3 is 6.18 Å². The zero-order valence-electron chi connectivity index (χ0n) is 16.4. The number of nitrogens with one attached hydrogen (secondary N) is 2. The topological polar surface area (TPSA) is 73.4 Å². The van der Waals surface area contributed by atoms with Crippen molar-refractivity contribution in [1.82, 2.24) is 25.8 Å². The number of carbonyl (C=O) groups is 1. The van der Waals surface area contributed by atoms with Crippen LogP contribution >= 0.6 is 11.6 Å². The number of anilines is 1. The number of alkyl halides is 3. The quantitative estimate of drug-likeness (QED) is 0.673. The van der Waals surface area contributed by atoms with E-state index in [0.717, 1.165) is 24.0 Å². The Hall–Kier alpha value is -2.92. The molecular formula is C19H17ClF4N6O. The van der Waals surface area contributed by atoms with Gasteiger partial charge in [0.15, 0.2) is 5.82 Å². The molecule has 0 radical (unpaired) electrons. The van der Waals surface area contributed by atoms with E-state index in [1.807, 2.05) is 0 Å². The molecule has 1 unspecified atom stereocenters. The van der Waals surface area contributed by atoms with Crippen LogP contribution in [-0.4, -0.2) is 33.4 Å². The predicted molar refractivity (Wildman–Crippen MR) is 104 cm³/mol. The molecular weight excluding hydrogens is 440 g/mol. The summed E-state index contributed by atoms with van der Waals surface area (Å²) < 4.78 is 53.0. The van der Waals surface area contributed by atoms with Gasteiger partial charge < -0.3 is 10.3 Å². The molecule has 1 atom stereocenters. The predicted octanol–water partition coefficient (Wildman–Crippen LogP) is 3.57. The molecule has 1 amide bonds. The van der Waals surface area contributed by atoms with Crippen LogP contribution in [0, 0.1) is 12.7 Å². The fourth-order valence-electron chi connectivity index (χ4n) is 3.61. The lowest BCUT2D eigenvalue weighted by molar-refractivity contribution is -0.137. The molecule has 0 aliphatic carbocycles. The number of hydrazine groups is 2. The Balaban J connectivity index is 1.62. The van der Waals surface area contributed by atoms with Gasteiger partial charge in [0.05, 0.1) is 45.5 Å². The SMILES string of the molecule is Cc1nc(N2NNC3=C2CCN(C(=O)c2cccc(C(F)(F)F)c2Cl)C3C)ncc1F. The molecule has 4 rings (SSSR count). The number of carbonyl (C=O) groups excluding carboxylic acids is 1. The van der Waals surface area contributed by atoms with Crippen molar-refractivity contribution in [2.75, 3.05) is 11.6 Å². The molecule has 0 bridgehead atoms. The van der Waals surface area contributed by atoms with Gasteiger partial charge in [-0.25, -0.2) is 19.4 Å². The Morgan fingerprint density at radius 1 is 1.32 bits per heavy atom. The molecule has 12 heteroatoms. The lowest BCUT2D eigenvalue weighted by Gasteiger charge is -2.35. The van der Waals surface area contributed by atoms with Gasteiger partial charge in [0.1, 0.15) is 0 Å². The minimum absolute atomic E-state index is 0.181. The number of aryl methyl sites for hydroxylation is 1. The lowest BCUT2D eigenvalue weighted by Crippen LogP contribution is -2.46. The Kier molecular flexibility index (Phi) is 5.26. The van der Waals surface area contributed by atoms with Gasteiger partial charge in [-0.1, -0.05) is 17.7 Å². The van der Waals surface area contributed by atoms with Gasteiger partial charge in [-0.3, -0.25) is 4.79 Å². The smallest absolute Gasteiger partial charge is 0.330 e. The fourth-order valence-corrected chi connectivity index (χ4v) is 3.92. The molecule has 0 saturated heterocycles. The summed E-state index contributed by atoms with van der Waals surface area (Å²) in [5.41, 5.74) is 6.12. The van der Waals surface area contributed by atoms with Crippen LogP contribution in [0.5, 0.6) is 0 Å². The number of halogens is 5. The van der Waals surface area contributed by atoms with E-state index in [-0.39, 0.29) is 23.8 Å². The van der Waals surface area contributed by atoms with E-state index in [4.69, 9.17) is 11.6 Å². The van der Waals surface area contributed by atoms with Gasteiger partial charge in [0, 0.05) is 13.0 Å². The number of amides is 1. The summed E-state index contributed by atoms with van der Waals surface area (Å²) >= 11 is 5.93. The van der Waals surface area contributed by atoms with Crippen LogP contribution in [0.3, 0.4) is 0 Å². The molecule has 2 aliphatic heterocycles. The first-order valence-electron chi connectivity index (χ1n) is 9.30. The summed E-state index contributed by atoms with van der Waals surface area (Å²) in [6, 6.07) is 2.77. The molecule has 164 valence electrons. The maximum Gasteiger partial charge on any atom is 0.417 e. The molecule has 1 aromatic heterocycles. The zero-order chi connectivity index (χ0) is 22.5. The highest BCUT2D eigenvalue weighted by atomic mass is 35.5. The molecule has 2 N–H and O–H groups in total. The van der Waals surface area contributed by atoms with E-state index < -0.39 is 34.5 Å². The monoisotopic (exact) mass is 456 g/mol. The van der Waals surface area contributed by atoms with Crippen molar-refractivity contribution in [2.45, 2.75) is 32.5 Å². The maximum atomic E-state index is 13.5. The van der Waals surface area contributed by atoms with Crippen LogP contribution in [0.2, 0.25) is 5.02 Å². The average Bonchev–Trinajstić information content (AvgIpc) is 3.14. The number of benzene rings is 1. The van der Waals surface area contributed by atoms with Gasteiger partial charge in [0.2, 0.25) is 5.95 Å². The Labute approximate surface area is 179 Å². The first kappa shape index (κ1) is 21.3. The van der Waals surface area contributed by atoms with E-state index in [2.05, 4.69) is 20.9 Å². The van der Waals surface area contributed by atoms with Gasteiger partial charge in [-0.2, -0.15) is 13.2 Å². The average molecular weight is 457 g/mol. The van der Waals surface area contributed by atoms with Crippen LogP contribution in [0.1, 0.15) is 35.0 Å². The second kappa shape index (κ2) is 7.65.